The molecule has 0 bridgehead atoms. The van der Waals surface area contributed by atoms with E-state index in [4.69, 9.17) is 9.84 Å². The predicted octanol–water partition coefficient (Wildman–Crippen LogP) is 4.68. The van der Waals surface area contributed by atoms with Gasteiger partial charge in [-0.1, -0.05) is 54.6 Å². The fraction of sp³-hybridized carbons (Fsp3) is 0.136. The van der Waals surface area contributed by atoms with Gasteiger partial charge in [-0.15, -0.1) is 0 Å². The van der Waals surface area contributed by atoms with Gasteiger partial charge in [0.15, 0.2) is 0 Å². The maximum absolute atomic E-state index is 13.7. The molecule has 136 valence electrons. The van der Waals surface area contributed by atoms with Crippen LogP contribution >= 0.6 is 0 Å². The van der Waals surface area contributed by atoms with Crippen molar-refractivity contribution in [2.45, 2.75) is 12.5 Å². The fourth-order valence-corrected chi connectivity index (χ4v) is 3.51. The molecule has 0 spiro atoms. The van der Waals surface area contributed by atoms with Gasteiger partial charge in [0.1, 0.15) is 12.4 Å². The number of hydrogen-bond donors (Lipinski definition) is 2. The van der Waals surface area contributed by atoms with Crippen LogP contribution in [0, 0.1) is 5.82 Å². The second-order valence-corrected chi connectivity index (χ2v) is 6.41. The van der Waals surface area contributed by atoms with Crippen molar-refractivity contribution in [3.05, 3.63) is 89.2 Å². The van der Waals surface area contributed by atoms with E-state index in [1.807, 2.05) is 36.4 Å². The molecule has 0 unspecified atom stereocenters. The van der Waals surface area contributed by atoms with Gasteiger partial charge in [-0.05, 0) is 34.4 Å². The second kappa shape index (κ2) is 7.21. The zero-order valence-electron chi connectivity index (χ0n) is 14.5. The Balaban J connectivity index is 1.47. The Morgan fingerprint density at radius 1 is 1.00 bits per heavy atom. The SMILES string of the molecule is O=C(Nc1ccc(CO)c(F)c1)OCC1c2ccccc2-c2ccccc21. The molecular weight excluding hydrogens is 345 g/mol. The average Bonchev–Trinajstić information content (AvgIpc) is 3.00. The van der Waals surface area contributed by atoms with Crippen molar-refractivity contribution in [2.75, 3.05) is 11.9 Å². The zero-order chi connectivity index (χ0) is 18.8. The Morgan fingerprint density at radius 3 is 2.22 bits per heavy atom. The van der Waals surface area contributed by atoms with Crippen molar-refractivity contribution in [1.82, 2.24) is 0 Å². The summed E-state index contributed by atoms with van der Waals surface area (Å²) in [6.45, 7) is -0.200. The molecule has 0 saturated heterocycles. The number of halogens is 1. The highest BCUT2D eigenvalue weighted by molar-refractivity contribution is 5.85. The summed E-state index contributed by atoms with van der Waals surface area (Å²) in [4.78, 5) is 12.2. The van der Waals surface area contributed by atoms with E-state index in [-0.39, 0.29) is 23.8 Å². The molecule has 3 aromatic rings. The minimum absolute atomic E-state index is 0.0309. The molecule has 0 heterocycles. The summed E-state index contributed by atoms with van der Waals surface area (Å²) in [6, 6.07) is 20.3. The normalized spacial score (nSPS) is 12.4. The molecule has 4 nitrogen and oxygen atoms in total. The molecule has 0 fully saturated rings. The van der Waals surface area contributed by atoms with Crippen LogP contribution < -0.4 is 5.32 Å². The second-order valence-electron chi connectivity index (χ2n) is 6.41. The summed E-state index contributed by atoms with van der Waals surface area (Å²) in [5.41, 5.74) is 5.03. The molecule has 1 aliphatic rings. The molecule has 27 heavy (non-hydrogen) atoms. The van der Waals surface area contributed by atoms with E-state index < -0.39 is 18.5 Å². The van der Waals surface area contributed by atoms with Crippen molar-refractivity contribution in [1.29, 1.82) is 0 Å². The number of hydrogen-bond acceptors (Lipinski definition) is 3. The van der Waals surface area contributed by atoms with Gasteiger partial charge < -0.3 is 9.84 Å². The first kappa shape index (κ1) is 17.2. The summed E-state index contributed by atoms with van der Waals surface area (Å²) < 4.78 is 19.1. The van der Waals surface area contributed by atoms with Crippen LogP contribution in [0.5, 0.6) is 0 Å². The minimum Gasteiger partial charge on any atom is -0.448 e. The number of nitrogens with one attached hydrogen (secondary N) is 1. The first-order valence-electron chi connectivity index (χ1n) is 8.68. The van der Waals surface area contributed by atoms with Crippen molar-refractivity contribution in [3.8, 4) is 11.1 Å². The van der Waals surface area contributed by atoms with E-state index in [2.05, 4.69) is 17.4 Å². The number of carbonyl (C=O) groups is 1. The lowest BCUT2D eigenvalue weighted by Crippen LogP contribution is -2.18. The lowest BCUT2D eigenvalue weighted by atomic mass is 9.98. The third-order valence-electron chi connectivity index (χ3n) is 4.81. The number of ether oxygens (including phenoxy) is 1. The fourth-order valence-electron chi connectivity index (χ4n) is 3.51. The molecule has 0 aliphatic heterocycles. The maximum atomic E-state index is 13.7. The number of anilines is 1. The Kier molecular flexibility index (Phi) is 4.60. The molecular formula is C22H18FNO3. The average molecular weight is 363 g/mol. The van der Waals surface area contributed by atoms with E-state index >= 15 is 0 Å². The molecule has 0 aromatic heterocycles. The van der Waals surface area contributed by atoms with E-state index in [0.717, 1.165) is 28.3 Å². The van der Waals surface area contributed by atoms with Crippen LogP contribution in [-0.2, 0) is 11.3 Å². The van der Waals surface area contributed by atoms with Gasteiger partial charge in [0.2, 0.25) is 0 Å². The van der Waals surface area contributed by atoms with Crippen LogP contribution in [0.25, 0.3) is 11.1 Å². The summed E-state index contributed by atoms with van der Waals surface area (Å²) >= 11 is 0. The minimum atomic E-state index is -0.645. The molecule has 5 heteroatoms. The first-order valence-corrected chi connectivity index (χ1v) is 8.68. The van der Waals surface area contributed by atoms with Crippen molar-refractivity contribution in [2.24, 2.45) is 0 Å². The standard InChI is InChI=1S/C22H18FNO3/c23-21-11-15(10-9-14(21)12-25)24-22(26)27-13-20-18-7-3-1-5-16(18)17-6-2-4-8-19(17)20/h1-11,20,25H,12-13H2,(H,24,26). The molecule has 4 rings (SSSR count). The smallest absolute Gasteiger partial charge is 0.411 e. The van der Waals surface area contributed by atoms with Crippen LogP contribution in [0.2, 0.25) is 0 Å². The number of amides is 1. The van der Waals surface area contributed by atoms with Crippen molar-refractivity contribution >= 4 is 11.8 Å². The van der Waals surface area contributed by atoms with E-state index in [0.29, 0.717) is 0 Å². The molecule has 1 aliphatic carbocycles. The first-order chi connectivity index (χ1) is 13.2. The Hall–Kier alpha value is -3.18. The Morgan fingerprint density at radius 2 is 1.63 bits per heavy atom. The van der Waals surface area contributed by atoms with Gasteiger partial charge >= 0.3 is 6.09 Å². The van der Waals surface area contributed by atoms with Gasteiger partial charge in [0, 0.05) is 17.2 Å². The monoisotopic (exact) mass is 363 g/mol. The number of fused-ring (bicyclic) bond motifs is 3. The van der Waals surface area contributed by atoms with E-state index in [1.165, 1.54) is 12.1 Å². The van der Waals surface area contributed by atoms with Crippen LogP contribution in [0.15, 0.2) is 66.7 Å². The molecule has 1 amide bonds. The molecule has 3 aromatic carbocycles. The molecule has 0 radical (unpaired) electrons. The number of benzene rings is 3. The van der Waals surface area contributed by atoms with Gasteiger partial charge in [0.25, 0.3) is 0 Å². The van der Waals surface area contributed by atoms with E-state index in [9.17, 15) is 9.18 Å². The lowest BCUT2D eigenvalue weighted by Gasteiger charge is -2.14. The maximum Gasteiger partial charge on any atom is 0.411 e. The largest absolute Gasteiger partial charge is 0.448 e. The van der Waals surface area contributed by atoms with Crippen molar-refractivity contribution < 1.29 is 19.0 Å². The molecule has 0 saturated carbocycles. The van der Waals surface area contributed by atoms with Gasteiger partial charge in [-0.2, -0.15) is 0 Å². The summed E-state index contributed by atoms with van der Waals surface area (Å²) in [7, 11) is 0. The Labute approximate surface area is 156 Å². The van der Waals surface area contributed by atoms with Crippen LogP contribution in [0.1, 0.15) is 22.6 Å². The zero-order valence-corrected chi connectivity index (χ0v) is 14.5. The summed E-state index contributed by atoms with van der Waals surface area (Å²) in [5.74, 6) is -0.606. The molecule has 2 N–H and O–H groups in total. The topological polar surface area (TPSA) is 58.6 Å². The van der Waals surface area contributed by atoms with Crippen LogP contribution in [-0.4, -0.2) is 17.8 Å². The van der Waals surface area contributed by atoms with Gasteiger partial charge in [0.05, 0.1) is 6.61 Å². The number of aliphatic hydroxyl groups is 1. The molecule has 0 atom stereocenters. The summed E-state index contributed by atoms with van der Waals surface area (Å²) in [5, 5.41) is 11.5. The number of rotatable bonds is 4. The summed E-state index contributed by atoms with van der Waals surface area (Å²) in [6.07, 6.45) is -0.645. The highest BCUT2D eigenvalue weighted by atomic mass is 19.1. The van der Waals surface area contributed by atoms with Gasteiger partial charge in [-0.25, -0.2) is 9.18 Å². The quantitative estimate of drug-likeness (QED) is 0.708. The lowest BCUT2D eigenvalue weighted by molar-refractivity contribution is 0.158. The highest BCUT2D eigenvalue weighted by Gasteiger charge is 2.28. The number of aliphatic hydroxyl groups excluding tert-OH is 1. The van der Waals surface area contributed by atoms with Crippen molar-refractivity contribution in [3.63, 3.8) is 0 Å². The predicted molar refractivity (Wildman–Crippen MR) is 101 cm³/mol. The third kappa shape index (κ3) is 3.29. The van der Waals surface area contributed by atoms with Crippen LogP contribution in [0.4, 0.5) is 14.9 Å². The Bertz CT molecular complexity index is 957. The van der Waals surface area contributed by atoms with E-state index in [1.54, 1.807) is 0 Å². The third-order valence-corrected chi connectivity index (χ3v) is 4.81. The van der Waals surface area contributed by atoms with Gasteiger partial charge in [-0.3, -0.25) is 5.32 Å². The number of carbonyl (C=O) groups excluding carboxylic acids is 1. The highest BCUT2D eigenvalue weighted by Crippen LogP contribution is 2.44. The van der Waals surface area contributed by atoms with Crippen LogP contribution in [0.3, 0.4) is 0 Å².